The van der Waals surface area contributed by atoms with Crippen LogP contribution >= 0.6 is 0 Å². The molecule has 1 aliphatic rings. The molecule has 8 heavy (non-hydrogen) atoms. The van der Waals surface area contributed by atoms with E-state index in [9.17, 15) is 0 Å². The van der Waals surface area contributed by atoms with Crippen molar-refractivity contribution in [2.75, 3.05) is 20.2 Å². The summed E-state index contributed by atoms with van der Waals surface area (Å²) in [4.78, 5) is 2.04. The summed E-state index contributed by atoms with van der Waals surface area (Å²) in [5.74, 6) is 0. The molecule has 0 aromatic rings. The lowest BCUT2D eigenvalue weighted by atomic mass is 10.3. The molecular formula is C6H12NO-. The van der Waals surface area contributed by atoms with Crippen LogP contribution in [0, 0.1) is 7.05 Å². The van der Waals surface area contributed by atoms with E-state index in [4.69, 9.17) is 4.74 Å². The van der Waals surface area contributed by atoms with Crippen molar-refractivity contribution >= 4 is 0 Å². The van der Waals surface area contributed by atoms with Crippen LogP contribution in [0.4, 0.5) is 0 Å². The van der Waals surface area contributed by atoms with Gasteiger partial charge in [-0.15, -0.1) is 0 Å². The van der Waals surface area contributed by atoms with Gasteiger partial charge in [-0.3, -0.25) is 7.05 Å². The molecule has 48 valence electrons. The summed E-state index contributed by atoms with van der Waals surface area (Å²) in [6.07, 6.45) is 1.58. The first-order valence-electron chi connectivity index (χ1n) is 2.91. The first kappa shape index (κ1) is 6.05. The standard InChI is InChI=1S/C6H12NO/c1-7-4-3-6(5-7)8-2/h6H,1,3-5H2,2H3/q-1/t6-/m0/s1. The van der Waals surface area contributed by atoms with Crippen LogP contribution < -0.4 is 0 Å². The van der Waals surface area contributed by atoms with Gasteiger partial charge < -0.3 is 9.64 Å². The lowest BCUT2D eigenvalue weighted by Gasteiger charge is -2.15. The number of rotatable bonds is 1. The molecule has 0 saturated carbocycles. The van der Waals surface area contributed by atoms with E-state index < -0.39 is 0 Å². The molecule has 0 amide bonds. The van der Waals surface area contributed by atoms with Gasteiger partial charge in [0.05, 0.1) is 6.10 Å². The highest BCUT2D eigenvalue weighted by molar-refractivity contribution is 4.74. The first-order valence-corrected chi connectivity index (χ1v) is 2.91. The van der Waals surface area contributed by atoms with Crippen LogP contribution in [-0.4, -0.2) is 31.2 Å². The predicted octanol–water partition coefficient (Wildman–Crippen LogP) is 0.499. The van der Waals surface area contributed by atoms with Crippen LogP contribution in [-0.2, 0) is 4.74 Å². The quantitative estimate of drug-likeness (QED) is 0.460. The Morgan fingerprint density at radius 2 is 2.50 bits per heavy atom. The maximum absolute atomic E-state index is 5.10. The van der Waals surface area contributed by atoms with Gasteiger partial charge in [-0.05, 0) is 19.5 Å². The van der Waals surface area contributed by atoms with Crippen molar-refractivity contribution in [2.24, 2.45) is 0 Å². The number of ether oxygens (including phenoxy) is 1. The van der Waals surface area contributed by atoms with Gasteiger partial charge in [-0.25, -0.2) is 0 Å². The van der Waals surface area contributed by atoms with E-state index >= 15 is 0 Å². The number of hydrogen-bond acceptors (Lipinski definition) is 2. The highest BCUT2D eigenvalue weighted by Gasteiger charge is 2.13. The van der Waals surface area contributed by atoms with Gasteiger partial charge in [0.1, 0.15) is 0 Å². The smallest absolute Gasteiger partial charge is 0.0685 e. The SMILES string of the molecule is [CH2-]N1CC[C@H](OC)C1. The summed E-state index contributed by atoms with van der Waals surface area (Å²) in [5, 5.41) is 0. The summed E-state index contributed by atoms with van der Waals surface area (Å²) in [6.45, 7) is 2.08. The Morgan fingerprint density at radius 1 is 1.75 bits per heavy atom. The molecule has 0 aromatic carbocycles. The molecule has 2 heteroatoms. The minimum Gasteiger partial charge on any atom is -0.457 e. The first-order chi connectivity index (χ1) is 3.83. The van der Waals surface area contributed by atoms with Gasteiger partial charge in [-0.1, -0.05) is 0 Å². The average molecular weight is 114 g/mol. The maximum Gasteiger partial charge on any atom is 0.0685 e. The molecule has 0 spiro atoms. The Labute approximate surface area is 50.4 Å². The average Bonchev–Trinajstić information content (AvgIpc) is 2.14. The number of methoxy groups -OCH3 is 1. The minimum atomic E-state index is 0.437. The topological polar surface area (TPSA) is 12.5 Å². The van der Waals surface area contributed by atoms with E-state index in [0.717, 1.165) is 19.5 Å². The highest BCUT2D eigenvalue weighted by atomic mass is 16.5. The highest BCUT2D eigenvalue weighted by Crippen LogP contribution is 2.08. The number of hydrogen-bond donors (Lipinski definition) is 0. The molecule has 0 bridgehead atoms. The van der Waals surface area contributed by atoms with Crippen LogP contribution in [0.25, 0.3) is 0 Å². The Bertz CT molecular complexity index is 74.9. The van der Waals surface area contributed by atoms with Gasteiger partial charge in [0.2, 0.25) is 0 Å². The van der Waals surface area contributed by atoms with Crippen molar-refractivity contribution in [3.8, 4) is 0 Å². The Balaban J connectivity index is 2.22. The van der Waals surface area contributed by atoms with Gasteiger partial charge in [0.15, 0.2) is 0 Å². The number of likely N-dealkylation sites (tertiary alicyclic amines) is 1. The fourth-order valence-corrected chi connectivity index (χ4v) is 0.990. The molecule has 1 fully saturated rings. The lowest BCUT2D eigenvalue weighted by molar-refractivity contribution is 0.112. The summed E-state index contributed by atoms with van der Waals surface area (Å²) < 4.78 is 5.10. The zero-order valence-electron chi connectivity index (χ0n) is 5.26. The summed E-state index contributed by atoms with van der Waals surface area (Å²) in [6, 6.07) is 0. The van der Waals surface area contributed by atoms with Gasteiger partial charge >= 0.3 is 0 Å². The van der Waals surface area contributed by atoms with Gasteiger partial charge in [0.25, 0.3) is 0 Å². The van der Waals surface area contributed by atoms with Crippen LogP contribution in [0.1, 0.15) is 6.42 Å². The molecule has 0 radical (unpaired) electrons. The van der Waals surface area contributed by atoms with E-state index in [0.29, 0.717) is 6.10 Å². The fourth-order valence-electron chi connectivity index (χ4n) is 0.990. The second-order valence-electron chi connectivity index (χ2n) is 2.22. The van der Waals surface area contributed by atoms with Crippen LogP contribution in [0.3, 0.4) is 0 Å². The summed E-state index contributed by atoms with van der Waals surface area (Å²) in [7, 11) is 5.54. The van der Waals surface area contributed by atoms with Gasteiger partial charge in [0, 0.05) is 7.11 Å². The van der Waals surface area contributed by atoms with E-state index in [1.54, 1.807) is 7.11 Å². The Hall–Kier alpha value is -0.0800. The Morgan fingerprint density at radius 3 is 2.75 bits per heavy atom. The monoisotopic (exact) mass is 114 g/mol. The van der Waals surface area contributed by atoms with E-state index in [1.807, 2.05) is 4.90 Å². The molecule has 1 atom stereocenters. The van der Waals surface area contributed by atoms with E-state index in [-0.39, 0.29) is 0 Å². The largest absolute Gasteiger partial charge is 0.457 e. The fraction of sp³-hybridized carbons (Fsp3) is 0.833. The van der Waals surface area contributed by atoms with Crippen molar-refractivity contribution in [3.63, 3.8) is 0 Å². The third-order valence-electron chi connectivity index (χ3n) is 1.56. The third-order valence-corrected chi connectivity index (χ3v) is 1.56. The molecular weight excluding hydrogens is 102 g/mol. The predicted molar refractivity (Wildman–Crippen MR) is 32.3 cm³/mol. The van der Waals surface area contributed by atoms with Crippen LogP contribution in [0.15, 0.2) is 0 Å². The normalized spacial score (nSPS) is 31.5. The molecule has 0 N–H and O–H groups in total. The maximum atomic E-state index is 5.10. The van der Waals surface area contributed by atoms with Crippen molar-refractivity contribution in [3.05, 3.63) is 7.05 Å². The zero-order chi connectivity index (χ0) is 5.98. The second kappa shape index (κ2) is 2.46. The van der Waals surface area contributed by atoms with Crippen molar-refractivity contribution < 1.29 is 4.74 Å². The minimum absolute atomic E-state index is 0.437. The van der Waals surface area contributed by atoms with Crippen LogP contribution in [0.5, 0.6) is 0 Å². The molecule has 0 aromatic heterocycles. The molecule has 2 nitrogen and oxygen atoms in total. The molecule has 1 saturated heterocycles. The molecule has 0 unspecified atom stereocenters. The molecule has 0 aliphatic carbocycles. The third kappa shape index (κ3) is 1.20. The lowest BCUT2D eigenvalue weighted by Crippen LogP contribution is -2.15. The molecule has 1 heterocycles. The zero-order valence-corrected chi connectivity index (χ0v) is 5.26. The van der Waals surface area contributed by atoms with Gasteiger partial charge in [-0.2, -0.15) is 0 Å². The van der Waals surface area contributed by atoms with Crippen molar-refractivity contribution in [1.82, 2.24) is 4.90 Å². The molecule has 1 aliphatic heterocycles. The van der Waals surface area contributed by atoms with Crippen molar-refractivity contribution in [2.45, 2.75) is 12.5 Å². The molecule has 1 rings (SSSR count). The number of nitrogens with zero attached hydrogens (tertiary/aromatic N) is 1. The summed E-state index contributed by atoms with van der Waals surface area (Å²) >= 11 is 0. The Kier molecular flexibility index (Phi) is 1.86. The van der Waals surface area contributed by atoms with E-state index in [1.165, 1.54) is 0 Å². The summed E-state index contributed by atoms with van der Waals surface area (Å²) in [5.41, 5.74) is 0. The second-order valence-corrected chi connectivity index (χ2v) is 2.22. The van der Waals surface area contributed by atoms with Crippen molar-refractivity contribution in [1.29, 1.82) is 0 Å². The van der Waals surface area contributed by atoms with Crippen LogP contribution in [0.2, 0.25) is 0 Å². The van der Waals surface area contributed by atoms with E-state index in [2.05, 4.69) is 7.05 Å².